The first-order valence-corrected chi connectivity index (χ1v) is 9.94. The highest BCUT2D eigenvalue weighted by Crippen LogP contribution is 2.34. The van der Waals surface area contributed by atoms with Gasteiger partial charge < -0.3 is 14.6 Å². The number of nitrogens with one attached hydrogen (secondary N) is 1. The van der Waals surface area contributed by atoms with Crippen LogP contribution in [0.25, 0.3) is 0 Å². The average Bonchev–Trinajstić information content (AvgIpc) is 2.67. The van der Waals surface area contributed by atoms with Gasteiger partial charge in [0.15, 0.2) is 0 Å². The first kappa shape index (κ1) is 22.4. The quantitative estimate of drug-likeness (QED) is 0.748. The second-order valence-corrected chi connectivity index (χ2v) is 7.74. The molecule has 1 aliphatic rings. The third kappa shape index (κ3) is 4.70. The molecule has 9 heteroatoms. The van der Waals surface area contributed by atoms with Crippen LogP contribution in [0.2, 0.25) is 5.02 Å². The fourth-order valence-corrected chi connectivity index (χ4v) is 3.95. The van der Waals surface area contributed by atoms with Crippen molar-refractivity contribution < 1.29 is 22.7 Å². The van der Waals surface area contributed by atoms with E-state index in [4.69, 9.17) is 16.3 Å². The van der Waals surface area contributed by atoms with Gasteiger partial charge >= 0.3 is 6.18 Å². The molecule has 0 radical (unpaired) electrons. The molecule has 1 amide bonds. The Morgan fingerprint density at radius 2 is 1.97 bits per heavy atom. The van der Waals surface area contributed by atoms with Crippen molar-refractivity contribution >= 4 is 17.5 Å². The molecular formula is C21H22ClF3N2O3. The van der Waals surface area contributed by atoms with Crippen molar-refractivity contribution in [3.63, 3.8) is 0 Å². The van der Waals surface area contributed by atoms with Gasteiger partial charge in [-0.25, -0.2) is 0 Å². The predicted octanol–water partition coefficient (Wildman–Crippen LogP) is 4.67. The number of rotatable bonds is 4. The number of alkyl halides is 3. The van der Waals surface area contributed by atoms with Crippen LogP contribution in [0.5, 0.6) is 0 Å². The van der Waals surface area contributed by atoms with Gasteiger partial charge in [0.1, 0.15) is 0 Å². The van der Waals surface area contributed by atoms with E-state index < -0.39 is 23.7 Å². The number of carbonyl (C=O) groups is 1. The van der Waals surface area contributed by atoms with Gasteiger partial charge in [-0.2, -0.15) is 13.2 Å². The summed E-state index contributed by atoms with van der Waals surface area (Å²) in [5, 5.41) is 2.69. The molecule has 0 aliphatic carbocycles. The van der Waals surface area contributed by atoms with Crippen LogP contribution in [0.15, 0.2) is 35.3 Å². The number of carbonyl (C=O) groups excluding carboxylic acids is 1. The monoisotopic (exact) mass is 442 g/mol. The Balaban J connectivity index is 1.87. The molecule has 1 unspecified atom stereocenters. The van der Waals surface area contributed by atoms with Gasteiger partial charge in [0.25, 0.3) is 11.5 Å². The molecule has 1 N–H and O–H groups in total. The number of hydrogen-bond donors (Lipinski definition) is 1. The van der Waals surface area contributed by atoms with Crippen molar-refractivity contribution in [2.45, 2.75) is 44.9 Å². The highest BCUT2D eigenvalue weighted by atomic mass is 35.5. The molecule has 162 valence electrons. The Bertz CT molecular complexity index is 998. The van der Waals surface area contributed by atoms with Crippen LogP contribution in [0.4, 0.5) is 13.2 Å². The van der Waals surface area contributed by atoms with Gasteiger partial charge in [-0.1, -0.05) is 23.7 Å². The molecule has 5 nitrogen and oxygen atoms in total. The van der Waals surface area contributed by atoms with Crippen molar-refractivity contribution in [3.05, 3.63) is 68.1 Å². The largest absolute Gasteiger partial charge is 0.416 e. The molecule has 1 fully saturated rings. The first-order chi connectivity index (χ1) is 14.1. The third-order valence-corrected chi connectivity index (χ3v) is 5.67. The number of benzene rings is 1. The van der Waals surface area contributed by atoms with E-state index in [1.165, 1.54) is 29.8 Å². The van der Waals surface area contributed by atoms with E-state index in [0.29, 0.717) is 31.6 Å². The summed E-state index contributed by atoms with van der Waals surface area (Å²) >= 11 is 6.13. The summed E-state index contributed by atoms with van der Waals surface area (Å²) < 4.78 is 46.3. The molecule has 0 saturated carbocycles. The molecule has 2 aromatic rings. The van der Waals surface area contributed by atoms with Crippen LogP contribution in [0.1, 0.15) is 58.9 Å². The minimum atomic E-state index is -4.48. The summed E-state index contributed by atoms with van der Waals surface area (Å²) in [7, 11) is 0. The van der Waals surface area contributed by atoms with Crippen LogP contribution in [-0.4, -0.2) is 23.7 Å². The van der Waals surface area contributed by atoms with E-state index in [9.17, 15) is 22.8 Å². The lowest BCUT2D eigenvalue weighted by molar-refractivity contribution is -0.138. The lowest BCUT2D eigenvalue weighted by atomic mass is 9.97. The number of pyridine rings is 1. The second kappa shape index (κ2) is 8.81. The van der Waals surface area contributed by atoms with Crippen LogP contribution >= 0.6 is 11.6 Å². The number of nitrogens with zero attached hydrogens (tertiary/aromatic N) is 1. The van der Waals surface area contributed by atoms with Gasteiger partial charge in [-0.15, -0.1) is 0 Å². The van der Waals surface area contributed by atoms with Crippen molar-refractivity contribution in [2.24, 2.45) is 0 Å². The van der Waals surface area contributed by atoms with Crippen LogP contribution < -0.4 is 10.9 Å². The van der Waals surface area contributed by atoms with E-state index in [1.807, 2.05) is 0 Å². The fraction of sp³-hybridized carbons (Fsp3) is 0.429. The topological polar surface area (TPSA) is 60.3 Å². The maximum atomic E-state index is 13.2. The predicted molar refractivity (Wildman–Crippen MR) is 107 cm³/mol. The normalized spacial score (nSPS) is 16.3. The van der Waals surface area contributed by atoms with E-state index in [2.05, 4.69) is 5.32 Å². The average molecular weight is 443 g/mol. The lowest BCUT2D eigenvalue weighted by Crippen LogP contribution is -2.32. The molecule has 2 heterocycles. The Morgan fingerprint density at radius 3 is 2.60 bits per heavy atom. The molecule has 1 saturated heterocycles. The third-order valence-electron chi connectivity index (χ3n) is 5.35. The number of aromatic nitrogens is 1. The zero-order valence-electron chi connectivity index (χ0n) is 16.6. The minimum Gasteiger partial charge on any atom is -0.381 e. The van der Waals surface area contributed by atoms with E-state index >= 15 is 0 Å². The fourth-order valence-electron chi connectivity index (χ4n) is 3.72. The number of amides is 1. The lowest BCUT2D eigenvalue weighted by Gasteiger charge is -2.25. The Labute approximate surface area is 176 Å². The summed E-state index contributed by atoms with van der Waals surface area (Å²) in [5.74, 6) is -0.565. The van der Waals surface area contributed by atoms with Crippen molar-refractivity contribution in [2.75, 3.05) is 13.2 Å². The zero-order valence-corrected chi connectivity index (χ0v) is 17.3. The number of hydrogen-bond acceptors (Lipinski definition) is 3. The van der Waals surface area contributed by atoms with Gasteiger partial charge in [-0.05, 0) is 43.9 Å². The van der Waals surface area contributed by atoms with Crippen LogP contribution in [0.3, 0.4) is 0 Å². The summed E-state index contributed by atoms with van der Waals surface area (Å²) in [6.45, 7) is 4.02. The smallest absolute Gasteiger partial charge is 0.381 e. The summed E-state index contributed by atoms with van der Waals surface area (Å²) in [6, 6.07) is 4.25. The van der Waals surface area contributed by atoms with Gasteiger partial charge in [0.05, 0.1) is 22.2 Å². The van der Waals surface area contributed by atoms with E-state index in [0.717, 1.165) is 6.07 Å². The van der Waals surface area contributed by atoms with Gasteiger partial charge in [-0.3, -0.25) is 9.59 Å². The Kier molecular flexibility index (Phi) is 6.57. The van der Waals surface area contributed by atoms with E-state index in [-0.39, 0.29) is 27.8 Å². The van der Waals surface area contributed by atoms with E-state index in [1.54, 1.807) is 13.0 Å². The summed E-state index contributed by atoms with van der Waals surface area (Å²) in [6.07, 6.45) is -1.78. The molecule has 1 aliphatic heterocycles. The molecule has 1 aromatic heterocycles. The maximum Gasteiger partial charge on any atom is 0.416 e. The van der Waals surface area contributed by atoms with Gasteiger partial charge in [0.2, 0.25) is 0 Å². The molecule has 0 spiro atoms. The van der Waals surface area contributed by atoms with Crippen molar-refractivity contribution in [1.29, 1.82) is 0 Å². The Morgan fingerprint density at radius 1 is 1.30 bits per heavy atom. The van der Waals surface area contributed by atoms with Crippen molar-refractivity contribution in [3.8, 4) is 0 Å². The minimum absolute atomic E-state index is 0.00577. The standard InChI is InChI=1S/C21H22ClF3N2O3/c1-12-15(4-3-5-17(12)21(23,24)25)13(2)26-20(29)16-11-27(19(28)10-18(16)22)14-6-8-30-9-7-14/h3-5,10-11,13-14H,6-9H2,1-2H3,(H,26,29). The first-order valence-electron chi connectivity index (χ1n) is 9.56. The van der Waals surface area contributed by atoms with Crippen molar-refractivity contribution in [1.82, 2.24) is 9.88 Å². The zero-order chi connectivity index (χ0) is 22.1. The molecular weight excluding hydrogens is 421 g/mol. The molecule has 30 heavy (non-hydrogen) atoms. The Hall–Kier alpha value is -2.32. The number of ether oxygens (including phenoxy) is 1. The van der Waals surface area contributed by atoms with Crippen LogP contribution in [0, 0.1) is 6.92 Å². The SMILES string of the molecule is Cc1c(C(C)NC(=O)c2cn(C3CCOCC3)c(=O)cc2Cl)cccc1C(F)(F)F. The second-order valence-electron chi connectivity index (χ2n) is 7.34. The summed E-state index contributed by atoms with van der Waals surface area (Å²) in [4.78, 5) is 25.2. The number of halogens is 4. The molecule has 1 aromatic carbocycles. The van der Waals surface area contributed by atoms with Gasteiger partial charge in [0, 0.05) is 31.5 Å². The highest BCUT2D eigenvalue weighted by molar-refractivity contribution is 6.33. The summed E-state index contributed by atoms with van der Waals surface area (Å²) in [5.41, 5.74) is -0.556. The molecule has 3 rings (SSSR count). The highest BCUT2D eigenvalue weighted by Gasteiger charge is 2.33. The van der Waals surface area contributed by atoms with Crippen LogP contribution in [-0.2, 0) is 10.9 Å². The maximum absolute atomic E-state index is 13.2. The molecule has 0 bridgehead atoms. The molecule has 1 atom stereocenters.